The third kappa shape index (κ3) is 5.94. The van der Waals surface area contributed by atoms with Crippen LogP contribution in [0, 0.1) is 0 Å². The zero-order valence-electron chi connectivity index (χ0n) is 21.6. The minimum atomic E-state index is -5.08. The van der Waals surface area contributed by atoms with E-state index in [9.17, 15) is 22.8 Å². The molecule has 1 atom stereocenters. The molecule has 0 bridgehead atoms. The van der Waals surface area contributed by atoms with Gasteiger partial charge in [-0.15, -0.1) is 11.3 Å². The number of aromatic nitrogens is 2. The summed E-state index contributed by atoms with van der Waals surface area (Å²) in [7, 11) is 3.41. The monoisotopic (exact) mass is 577 g/mol. The maximum absolute atomic E-state index is 13.7. The van der Waals surface area contributed by atoms with E-state index >= 15 is 0 Å². The second-order valence-corrected chi connectivity index (χ2v) is 10.1. The van der Waals surface area contributed by atoms with E-state index in [0.29, 0.717) is 29.2 Å². The number of likely N-dealkylation sites (tertiary alicyclic amines) is 1. The van der Waals surface area contributed by atoms with Crippen LogP contribution in [0.3, 0.4) is 0 Å². The van der Waals surface area contributed by atoms with Gasteiger partial charge in [0.15, 0.2) is 5.75 Å². The van der Waals surface area contributed by atoms with Crippen LogP contribution in [-0.4, -0.2) is 63.9 Å². The number of rotatable bonds is 6. The van der Waals surface area contributed by atoms with Crippen molar-refractivity contribution in [3.63, 3.8) is 0 Å². The van der Waals surface area contributed by atoms with E-state index < -0.39 is 12.1 Å². The molecular formula is C27H26F3N3O6S. The number of fused-ring (bicyclic) bond motifs is 3. The number of carbonyl (C=O) groups excluding carboxylic acids is 1. The Kier molecular flexibility index (Phi) is 8.74. The van der Waals surface area contributed by atoms with Crippen LogP contribution in [-0.2, 0) is 23.2 Å². The van der Waals surface area contributed by atoms with Gasteiger partial charge < -0.3 is 24.0 Å². The van der Waals surface area contributed by atoms with Crippen LogP contribution in [0.25, 0.3) is 21.0 Å². The lowest BCUT2D eigenvalue weighted by atomic mass is 10.1. The Bertz CT molecular complexity index is 1590. The van der Waals surface area contributed by atoms with Crippen LogP contribution < -0.4 is 10.3 Å². The molecule has 1 saturated heterocycles. The summed E-state index contributed by atoms with van der Waals surface area (Å²) in [6.07, 6.45) is 0.149. The molecule has 13 heteroatoms. The number of ether oxygens (including phenoxy) is 2. The van der Waals surface area contributed by atoms with Crippen molar-refractivity contribution in [3.05, 3.63) is 69.6 Å². The molecule has 3 aromatic heterocycles. The number of hydrogen-bond acceptors (Lipinski definition) is 7. The summed E-state index contributed by atoms with van der Waals surface area (Å²) in [5, 5.41) is 8.52. The molecule has 1 amide bonds. The molecule has 4 heterocycles. The number of alkyl halides is 3. The molecule has 1 fully saturated rings. The number of para-hydroxylation sites is 1. The molecule has 1 aliphatic heterocycles. The number of thiophene rings is 1. The number of nitrogens with zero attached hydrogens (tertiary/aromatic N) is 3. The van der Waals surface area contributed by atoms with Gasteiger partial charge in [0.05, 0.1) is 22.9 Å². The van der Waals surface area contributed by atoms with Gasteiger partial charge in [0.1, 0.15) is 16.9 Å². The number of aryl methyl sites for hydroxylation is 1. The summed E-state index contributed by atoms with van der Waals surface area (Å²) < 4.78 is 45.7. The Morgan fingerprint density at radius 2 is 1.85 bits per heavy atom. The quantitative estimate of drug-likeness (QED) is 0.356. The van der Waals surface area contributed by atoms with E-state index in [-0.39, 0.29) is 24.1 Å². The Labute approximate surface area is 230 Å². The molecule has 1 aromatic carbocycles. The third-order valence-electron chi connectivity index (χ3n) is 6.46. The number of carboxylic acid groups (broad SMARTS) is 1. The smallest absolute Gasteiger partial charge is 0.486 e. The van der Waals surface area contributed by atoms with Gasteiger partial charge in [0, 0.05) is 38.5 Å². The average Bonchev–Trinajstić information content (AvgIpc) is 3.56. The number of benzene rings is 1. The van der Waals surface area contributed by atoms with Gasteiger partial charge >= 0.3 is 12.1 Å². The second kappa shape index (κ2) is 12.0. The number of pyridine rings is 2. The Morgan fingerprint density at radius 1 is 1.18 bits per heavy atom. The summed E-state index contributed by atoms with van der Waals surface area (Å²) >= 11 is 1.34. The van der Waals surface area contributed by atoms with Crippen LogP contribution in [0.2, 0.25) is 0 Å². The summed E-state index contributed by atoms with van der Waals surface area (Å²) in [4.78, 5) is 42.5. The minimum absolute atomic E-state index is 0.0281. The van der Waals surface area contributed by atoms with E-state index in [1.807, 2.05) is 41.3 Å². The molecular weight excluding hydrogens is 551 g/mol. The predicted octanol–water partition coefficient (Wildman–Crippen LogP) is 4.61. The number of halogens is 3. The first-order valence-corrected chi connectivity index (χ1v) is 13.0. The van der Waals surface area contributed by atoms with Gasteiger partial charge in [0.2, 0.25) is 0 Å². The highest BCUT2D eigenvalue weighted by Gasteiger charge is 2.38. The van der Waals surface area contributed by atoms with Crippen LogP contribution in [0.5, 0.6) is 5.75 Å². The van der Waals surface area contributed by atoms with Crippen molar-refractivity contribution in [3.8, 4) is 5.75 Å². The molecule has 40 heavy (non-hydrogen) atoms. The molecule has 0 unspecified atom stereocenters. The number of hydrogen-bond donors (Lipinski definition) is 1. The molecule has 0 aliphatic carbocycles. The molecule has 9 nitrogen and oxygen atoms in total. The highest BCUT2D eigenvalue weighted by Crippen LogP contribution is 2.41. The van der Waals surface area contributed by atoms with E-state index in [2.05, 4.69) is 4.98 Å². The highest BCUT2D eigenvalue weighted by molar-refractivity contribution is 7.22. The minimum Gasteiger partial charge on any atom is -0.486 e. The third-order valence-corrected chi connectivity index (χ3v) is 7.65. The van der Waals surface area contributed by atoms with Crippen LogP contribution >= 0.6 is 11.3 Å². The van der Waals surface area contributed by atoms with E-state index in [1.165, 1.54) is 11.3 Å². The van der Waals surface area contributed by atoms with Crippen molar-refractivity contribution < 1.29 is 37.3 Å². The summed E-state index contributed by atoms with van der Waals surface area (Å²) in [5.41, 5.74) is 1.58. The Morgan fingerprint density at radius 3 is 2.50 bits per heavy atom. The lowest BCUT2D eigenvalue weighted by molar-refractivity contribution is -0.192. The van der Waals surface area contributed by atoms with Crippen molar-refractivity contribution in [1.82, 2.24) is 14.5 Å². The first-order chi connectivity index (χ1) is 19.0. The summed E-state index contributed by atoms with van der Waals surface area (Å²) in [6.45, 7) is 1.41. The molecule has 212 valence electrons. The molecule has 4 aromatic rings. The van der Waals surface area contributed by atoms with E-state index in [4.69, 9.17) is 19.4 Å². The maximum atomic E-state index is 13.7. The van der Waals surface area contributed by atoms with Gasteiger partial charge in [-0.3, -0.25) is 14.6 Å². The topological polar surface area (TPSA) is 111 Å². The molecule has 1 aliphatic rings. The Hall–Kier alpha value is -3.97. The highest BCUT2D eigenvalue weighted by atomic mass is 32.1. The van der Waals surface area contributed by atoms with Gasteiger partial charge in [-0.1, -0.05) is 18.2 Å². The molecule has 5 rings (SSSR count). The van der Waals surface area contributed by atoms with Gasteiger partial charge in [-0.2, -0.15) is 13.2 Å². The van der Waals surface area contributed by atoms with Crippen molar-refractivity contribution >= 4 is 44.2 Å². The van der Waals surface area contributed by atoms with Crippen LogP contribution in [0.1, 0.15) is 28.1 Å². The van der Waals surface area contributed by atoms with Gasteiger partial charge in [-0.25, -0.2) is 4.79 Å². The van der Waals surface area contributed by atoms with Crippen molar-refractivity contribution in [2.75, 3.05) is 20.3 Å². The predicted molar refractivity (Wildman–Crippen MR) is 143 cm³/mol. The lowest BCUT2D eigenvalue weighted by Gasteiger charge is -2.24. The maximum Gasteiger partial charge on any atom is 0.490 e. The SMILES string of the molecule is COC[C@H]1CCCN1C(=O)c1sc2c(c1OCc1ccncc1)c(=O)n(C)c1ccccc21.O=C(O)C(F)(F)F. The number of aliphatic carboxylic acids is 1. The van der Waals surface area contributed by atoms with E-state index in [1.54, 1.807) is 31.1 Å². The van der Waals surface area contributed by atoms with Gasteiger partial charge in [0.25, 0.3) is 11.5 Å². The fraction of sp³-hybridized carbons (Fsp3) is 0.333. The normalized spacial score (nSPS) is 15.2. The molecule has 0 spiro atoms. The first kappa shape index (κ1) is 29.0. The summed E-state index contributed by atoms with van der Waals surface area (Å²) in [6, 6.07) is 11.5. The first-order valence-electron chi connectivity index (χ1n) is 12.2. The fourth-order valence-corrected chi connectivity index (χ4v) is 5.77. The summed E-state index contributed by atoms with van der Waals surface area (Å²) in [5.74, 6) is -2.50. The molecule has 0 saturated carbocycles. The second-order valence-electron chi connectivity index (χ2n) is 9.04. The lowest BCUT2D eigenvalue weighted by Crippen LogP contribution is -2.37. The average molecular weight is 578 g/mol. The van der Waals surface area contributed by atoms with Crippen molar-refractivity contribution in [2.24, 2.45) is 7.05 Å². The zero-order chi connectivity index (χ0) is 29.0. The number of carboxylic acids is 1. The van der Waals surface area contributed by atoms with Crippen LogP contribution in [0.15, 0.2) is 53.6 Å². The van der Waals surface area contributed by atoms with Gasteiger partial charge in [-0.05, 0) is 36.6 Å². The van der Waals surface area contributed by atoms with Crippen molar-refractivity contribution in [1.29, 1.82) is 0 Å². The van der Waals surface area contributed by atoms with Crippen molar-refractivity contribution in [2.45, 2.75) is 31.7 Å². The fourth-order valence-electron chi connectivity index (χ4n) is 4.55. The number of amides is 1. The number of methoxy groups -OCH3 is 1. The molecule has 1 N–H and O–H groups in total. The standard InChI is InChI=1S/C25H25N3O4S.C2HF3O2/c1-27-19-8-4-3-7-18(19)22-20(24(27)29)21(32-14-16-9-11-26-12-10-16)23(33-22)25(30)28-13-5-6-17(28)15-31-2;3-2(4,5)1(6)7/h3-4,7-12,17H,5-6,13-15H2,1-2H3;(H,6,7)/t17-;/m1./s1. The zero-order valence-corrected chi connectivity index (χ0v) is 22.4. The van der Waals surface area contributed by atoms with E-state index in [0.717, 1.165) is 34.0 Å². The number of carbonyl (C=O) groups is 2. The largest absolute Gasteiger partial charge is 0.490 e. The van der Waals surface area contributed by atoms with Crippen LogP contribution in [0.4, 0.5) is 13.2 Å². The Balaban J connectivity index is 0.000000470. The molecule has 0 radical (unpaired) electrons.